The first-order chi connectivity index (χ1) is 9.49. The first-order valence-corrected chi connectivity index (χ1v) is 7.05. The number of aryl methyl sites for hydroxylation is 1. The predicted octanol–water partition coefficient (Wildman–Crippen LogP) is 1.62. The van der Waals surface area contributed by atoms with Crippen LogP contribution >= 0.6 is 0 Å². The molecule has 0 bridgehead atoms. The maximum Gasteiger partial charge on any atom is 0.244 e. The highest BCUT2D eigenvalue weighted by Gasteiger charge is 2.34. The van der Waals surface area contributed by atoms with Crippen LogP contribution in [0.2, 0.25) is 0 Å². The Bertz CT molecular complexity index is 494. The van der Waals surface area contributed by atoms with Crippen LogP contribution in [-0.4, -0.2) is 48.3 Å². The molecule has 4 heteroatoms. The van der Waals surface area contributed by atoms with Crippen molar-refractivity contribution in [3.63, 3.8) is 0 Å². The predicted molar refractivity (Wildman–Crippen MR) is 78.3 cm³/mol. The van der Waals surface area contributed by atoms with E-state index >= 15 is 0 Å². The van der Waals surface area contributed by atoms with Crippen molar-refractivity contribution >= 4 is 11.8 Å². The molecule has 1 atom stereocenters. The lowest BCUT2D eigenvalue weighted by molar-refractivity contribution is -0.141. The van der Waals surface area contributed by atoms with Gasteiger partial charge in [-0.1, -0.05) is 29.8 Å². The van der Waals surface area contributed by atoms with Crippen molar-refractivity contribution in [2.45, 2.75) is 32.2 Å². The lowest BCUT2D eigenvalue weighted by Crippen LogP contribution is -2.45. The Morgan fingerprint density at radius 2 is 1.90 bits per heavy atom. The van der Waals surface area contributed by atoms with Crippen LogP contribution in [-0.2, 0) is 16.0 Å². The van der Waals surface area contributed by atoms with Crippen molar-refractivity contribution in [3.05, 3.63) is 35.4 Å². The van der Waals surface area contributed by atoms with Gasteiger partial charge in [-0.2, -0.15) is 0 Å². The second-order valence-corrected chi connectivity index (χ2v) is 5.64. The number of nitrogens with zero attached hydrogens (tertiary/aromatic N) is 2. The molecule has 1 heterocycles. The summed E-state index contributed by atoms with van der Waals surface area (Å²) in [5, 5.41) is 0. The molecule has 20 heavy (non-hydrogen) atoms. The molecule has 4 nitrogen and oxygen atoms in total. The lowest BCUT2D eigenvalue weighted by Gasteiger charge is -2.26. The smallest absolute Gasteiger partial charge is 0.244 e. The number of likely N-dealkylation sites (N-methyl/N-ethyl adjacent to an activating group) is 1. The molecule has 2 rings (SSSR count). The highest BCUT2D eigenvalue weighted by Crippen LogP contribution is 2.20. The summed E-state index contributed by atoms with van der Waals surface area (Å²) in [6.45, 7) is 2.72. The Morgan fingerprint density at radius 1 is 1.25 bits per heavy atom. The number of rotatable bonds is 3. The van der Waals surface area contributed by atoms with Gasteiger partial charge in [-0.05, 0) is 25.3 Å². The van der Waals surface area contributed by atoms with E-state index in [1.165, 1.54) is 5.56 Å². The van der Waals surface area contributed by atoms with Gasteiger partial charge in [0.25, 0.3) is 0 Å². The van der Waals surface area contributed by atoms with E-state index in [1.807, 2.05) is 31.2 Å². The Hall–Kier alpha value is -1.84. The second kappa shape index (κ2) is 6.07. The van der Waals surface area contributed by atoms with E-state index < -0.39 is 0 Å². The second-order valence-electron chi connectivity index (χ2n) is 5.64. The Balaban J connectivity index is 2.04. The third kappa shape index (κ3) is 3.18. The number of benzene rings is 1. The van der Waals surface area contributed by atoms with E-state index in [2.05, 4.69) is 0 Å². The third-order valence-electron chi connectivity index (χ3n) is 3.77. The highest BCUT2D eigenvalue weighted by molar-refractivity contribution is 5.88. The summed E-state index contributed by atoms with van der Waals surface area (Å²) >= 11 is 0. The van der Waals surface area contributed by atoms with Crippen molar-refractivity contribution < 1.29 is 9.59 Å². The Morgan fingerprint density at radius 3 is 2.50 bits per heavy atom. The minimum absolute atomic E-state index is 0.0276. The fourth-order valence-electron chi connectivity index (χ4n) is 2.60. The van der Waals surface area contributed by atoms with Crippen LogP contribution in [0, 0.1) is 6.92 Å². The maximum atomic E-state index is 12.4. The van der Waals surface area contributed by atoms with Crippen LogP contribution < -0.4 is 0 Å². The molecule has 1 aromatic carbocycles. The van der Waals surface area contributed by atoms with Gasteiger partial charge < -0.3 is 9.80 Å². The molecular weight excluding hydrogens is 252 g/mol. The number of hydrogen-bond donors (Lipinski definition) is 0. The SMILES string of the molecule is Cc1ccc(CC(=O)N2CCCC2C(=O)N(C)C)cc1. The molecule has 1 aromatic rings. The van der Waals surface area contributed by atoms with Crippen LogP contribution in [0.1, 0.15) is 24.0 Å². The Labute approximate surface area is 120 Å². The van der Waals surface area contributed by atoms with E-state index in [1.54, 1.807) is 23.9 Å². The number of amides is 2. The van der Waals surface area contributed by atoms with E-state index in [4.69, 9.17) is 0 Å². The number of carbonyl (C=O) groups is 2. The zero-order valence-electron chi connectivity index (χ0n) is 12.4. The van der Waals surface area contributed by atoms with Gasteiger partial charge in [0.05, 0.1) is 6.42 Å². The average Bonchev–Trinajstić information content (AvgIpc) is 2.89. The molecule has 0 aromatic heterocycles. The van der Waals surface area contributed by atoms with Gasteiger partial charge in [-0.15, -0.1) is 0 Å². The summed E-state index contributed by atoms with van der Waals surface area (Å²) < 4.78 is 0. The quantitative estimate of drug-likeness (QED) is 0.840. The fraction of sp³-hybridized carbons (Fsp3) is 0.500. The summed E-state index contributed by atoms with van der Waals surface area (Å²) in [5.74, 6) is 0.0753. The molecule has 0 aliphatic carbocycles. The third-order valence-corrected chi connectivity index (χ3v) is 3.77. The van der Waals surface area contributed by atoms with E-state index in [0.717, 1.165) is 18.4 Å². The summed E-state index contributed by atoms with van der Waals surface area (Å²) in [4.78, 5) is 27.8. The van der Waals surface area contributed by atoms with Gasteiger partial charge in [-0.25, -0.2) is 0 Å². The van der Waals surface area contributed by atoms with Crippen molar-refractivity contribution in [3.8, 4) is 0 Å². The summed E-state index contributed by atoms with van der Waals surface area (Å²) in [6.07, 6.45) is 2.05. The summed E-state index contributed by atoms with van der Waals surface area (Å²) in [7, 11) is 3.48. The van der Waals surface area contributed by atoms with Crippen molar-refractivity contribution in [2.24, 2.45) is 0 Å². The van der Waals surface area contributed by atoms with Gasteiger partial charge in [-0.3, -0.25) is 9.59 Å². The van der Waals surface area contributed by atoms with E-state index in [0.29, 0.717) is 13.0 Å². The van der Waals surface area contributed by atoms with Crippen molar-refractivity contribution in [2.75, 3.05) is 20.6 Å². The molecule has 108 valence electrons. The van der Waals surface area contributed by atoms with Crippen LogP contribution in [0.15, 0.2) is 24.3 Å². The molecule has 0 saturated carbocycles. The average molecular weight is 274 g/mol. The molecule has 1 unspecified atom stereocenters. The number of hydrogen-bond acceptors (Lipinski definition) is 2. The van der Waals surface area contributed by atoms with Crippen LogP contribution in [0.3, 0.4) is 0 Å². The van der Waals surface area contributed by atoms with Gasteiger partial charge in [0.1, 0.15) is 6.04 Å². The summed E-state index contributed by atoms with van der Waals surface area (Å²) in [5.41, 5.74) is 2.19. The number of carbonyl (C=O) groups excluding carboxylic acids is 2. The highest BCUT2D eigenvalue weighted by atomic mass is 16.2. The zero-order chi connectivity index (χ0) is 14.7. The molecule has 0 spiro atoms. The fourth-order valence-corrected chi connectivity index (χ4v) is 2.60. The molecular formula is C16H22N2O2. The molecule has 1 aliphatic heterocycles. The first kappa shape index (κ1) is 14.6. The van der Waals surface area contributed by atoms with Gasteiger partial charge in [0, 0.05) is 20.6 Å². The first-order valence-electron chi connectivity index (χ1n) is 7.05. The standard InChI is InChI=1S/C16H22N2O2/c1-12-6-8-13(9-7-12)11-15(19)18-10-4-5-14(18)16(20)17(2)3/h6-9,14H,4-5,10-11H2,1-3H3. The topological polar surface area (TPSA) is 40.6 Å². The largest absolute Gasteiger partial charge is 0.347 e. The molecule has 1 aliphatic rings. The molecule has 0 N–H and O–H groups in total. The monoisotopic (exact) mass is 274 g/mol. The molecule has 0 radical (unpaired) electrons. The van der Waals surface area contributed by atoms with E-state index in [9.17, 15) is 9.59 Å². The van der Waals surface area contributed by atoms with Gasteiger partial charge in [0.2, 0.25) is 11.8 Å². The van der Waals surface area contributed by atoms with Crippen LogP contribution in [0.5, 0.6) is 0 Å². The maximum absolute atomic E-state index is 12.4. The van der Waals surface area contributed by atoms with Gasteiger partial charge >= 0.3 is 0 Å². The minimum Gasteiger partial charge on any atom is -0.347 e. The van der Waals surface area contributed by atoms with Gasteiger partial charge in [0.15, 0.2) is 0 Å². The lowest BCUT2D eigenvalue weighted by atomic mass is 10.1. The normalized spacial score (nSPS) is 18.1. The summed E-state index contributed by atoms with van der Waals surface area (Å²) in [6, 6.07) is 7.70. The zero-order valence-corrected chi connectivity index (χ0v) is 12.4. The number of likely N-dealkylation sites (tertiary alicyclic amines) is 1. The molecule has 2 amide bonds. The Kier molecular flexibility index (Phi) is 4.42. The van der Waals surface area contributed by atoms with Crippen molar-refractivity contribution in [1.82, 2.24) is 9.80 Å². The molecule has 1 fully saturated rings. The van der Waals surface area contributed by atoms with Crippen LogP contribution in [0.25, 0.3) is 0 Å². The van der Waals surface area contributed by atoms with Crippen molar-refractivity contribution in [1.29, 1.82) is 0 Å². The van der Waals surface area contributed by atoms with Crippen LogP contribution in [0.4, 0.5) is 0 Å². The minimum atomic E-state index is -0.275. The van der Waals surface area contributed by atoms with E-state index in [-0.39, 0.29) is 17.9 Å². The molecule has 1 saturated heterocycles.